The van der Waals surface area contributed by atoms with Crippen molar-refractivity contribution in [2.45, 2.75) is 32.9 Å². The number of amidine groups is 1. The molecule has 0 spiro atoms. The maximum absolute atomic E-state index is 13.5. The number of amides is 1. The van der Waals surface area contributed by atoms with Crippen LogP contribution < -0.4 is 9.47 Å². The molecule has 1 saturated heterocycles. The molecule has 1 heterocycles. The van der Waals surface area contributed by atoms with Gasteiger partial charge in [0.05, 0.1) is 35.4 Å². The highest BCUT2D eigenvalue weighted by molar-refractivity contribution is 8.18. The summed E-state index contributed by atoms with van der Waals surface area (Å²) in [6.07, 6.45) is 2.66. The van der Waals surface area contributed by atoms with Crippen LogP contribution in [0.5, 0.6) is 11.5 Å². The average Bonchev–Trinajstić information content (AvgIpc) is 3.15. The fourth-order valence-electron chi connectivity index (χ4n) is 3.48. The summed E-state index contributed by atoms with van der Waals surface area (Å²) in [6.45, 7) is 4.46. The smallest absolute Gasteiger partial charge is 0.267 e. The van der Waals surface area contributed by atoms with Crippen LogP contribution in [-0.2, 0) is 11.3 Å². The van der Waals surface area contributed by atoms with Crippen molar-refractivity contribution in [2.24, 2.45) is 4.99 Å². The zero-order valence-electron chi connectivity index (χ0n) is 19.9. The number of hydrogen-bond donors (Lipinski definition) is 0. The number of carbonyl (C=O) groups excluding carboxylic acids is 1. The fraction of sp³-hybridized carbons (Fsp3) is 0.214. The van der Waals surface area contributed by atoms with E-state index in [1.165, 1.54) is 11.8 Å². The van der Waals surface area contributed by atoms with Crippen LogP contribution in [0.25, 0.3) is 6.08 Å². The van der Waals surface area contributed by atoms with Crippen molar-refractivity contribution in [3.63, 3.8) is 0 Å². The minimum atomic E-state index is -0.108. The van der Waals surface area contributed by atoms with E-state index in [4.69, 9.17) is 26.1 Å². The Morgan fingerprint density at radius 2 is 1.77 bits per heavy atom. The van der Waals surface area contributed by atoms with Gasteiger partial charge >= 0.3 is 0 Å². The molecule has 4 rings (SSSR count). The summed E-state index contributed by atoms with van der Waals surface area (Å²) >= 11 is 7.89. The quantitative estimate of drug-likeness (QED) is 0.300. The van der Waals surface area contributed by atoms with Crippen LogP contribution in [0.1, 0.15) is 31.4 Å². The molecule has 1 aliphatic heterocycles. The van der Waals surface area contributed by atoms with Crippen LogP contribution in [0.3, 0.4) is 0 Å². The van der Waals surface area contributed by atoms with E-state index in [2.05, 4.69) is 0 Å². The summed E-state index contributed by atoms with van der Waals surface area (Å²) < 4.78 is 11.5. The molecule has 5 nitrogen and oxygen atoms in total. The number of aliphatic imine (C=N–C) groups is 1. The molecular weight excluding hydrogens is 480 g/mol. The molecular formula is C28H27ClN2O3S. The van der Waals surface area contributed by atoms with Gasteiger partial charge in [-0.25, -0.2) is 4.99 Å². The van der Waals surface area contributed by atoms with E-state index in [1.54, 1.807) is 18.1 Å². The molecule has 0 bridgehead atoms. The monoisotopic (exact) mass is 506 g/mol. The predicted molar refractivity (Wildman–Crippen MR) is 144 cm³/mol. The first-order chi connectivity index (χ1) is 17.0. The van der Waals surface area contributed by atoms with Crippen molar-refractivity contribution < 1.29 is 14.3 Å². The van der Waals surface area contributed by atoms with Crippen LogP contribution in [-0.4, -0.2) is 29.2 Å². The number of carbonyl (C=O) groups is 1. The first-order valence-corrected chi connectivity index (χ1v) is 12.6. The Hall–Kier alpha value is -3.22. The van der Waals surface area contributed by atoms with Crippen molar-refractivity contribution in [1.82, 2.24) is 4.90 Å². The number of nitrogens with zero attached hydrogens (tertiary/aromatic N) is 2. The van der Waals surface area contributed by atoms with Crippen molar-refractivity contribution in [1.29, 1.82) is 0 Å². The molecule has 0 aromatic heterocycles. The first kappa shape index (κ1) is 24.9. The molecule has 180 valence electrons. The zero-order chi connectivity index (χ0) is 24.8. The number of benzene rings is 3. The lowest BCUT2D eigenvalue weighted by Crippen LogP contribution is -2.28. The molecule has 7 heteroatoms. The summed E-state index contributed by atoms with van der Waals surface area (Å²) in [6, 6.07) is 23.1. The van der Waals surface area contributed by atoms with Gasteiger partial charge in [0, 0.05) is 0 Å². The highest BCUT2D eigenvalue weighted by Gasteiger charge is 2.33. The van der Waals surface area contributed by atoms with Crippen LogP contribution in [0.4, 0.5) is 5.69 Å². The summed E-state index contributed by atoms with van der Waals surface area (Å²) in [4.78, 5) is 20.5. The topological polar surface area (TPSA) is 51.1 Å². The van der Waals surface area contributed by atoms with Gasteiger partial charge in [0.2, 0.25) is 0 Å². The van der Waals surface area contributed by atoms with E-state index in [1.807, 2.05) is 86.7 Å². The molecule has 0 N–H and O–H groups in total. The minimum Gasteiger partial charge on any atom is -0.493 e. The summed E-state index contributed by atoms with van der Waals surface area (Å²) in [5.41, 5.74) is 2.57. The number of hydrogen-bond acceptors (Lipinski definition) is 5. The summed E-state index contributed by atoms with van der Waals surface area (Å²) in [5.74, 6) is 0.927. The third-order valence-corrected chi connectivity index (χ3v) is 6.78. The second-order valence-electron chi connectivity index (χ2n) is 8.09. The Morgan fingerprint density at radius 3 is 2.43 bits per heavy atom. The van der Waals surface area contributed by atoms with Crippen molar-refractivity contribution in [3.05, 3.63) is 93.9 Å². The van der Waals surface area contributed by atoms with Crippen molar-refractivity contribution in [3.8, 4) is 11.5 Å². The lowest BCUT2D eigenvalue weighted by atomic mass is 10.1. The molecule has 0 radical (unpaired) electrons. The third-order valence-electron chi connectivity index (χ3n) is 5.50. The molecule has 0 unspecified atom stereocenters. The lowest BCUT2D eigenvalue weighted by Gasteiger charge is -2.17. The van der Waals surface area contributed by atoms with E-state index >= 15 is 0 Å². The lowest BCUT2D eigenvalue weighted by molar-refractivity contribution is -0.122. The number of halogens is 1. The fourth-order valence-corrected chi connectivity index (χ4v) is 4.74. The molecule has 0 aliphatic carbocycles. The minimum absolute atomic E-state index is 0.000807. The second kappa shape index (κ2) is 11.5. The molecule has 0 saturated carbocycles. The standard InChI is InChI=1S/C28H27ClN2O3S/c1-4-19(2)34-26-23(29)15-21(16-24(26)33-3)17-25-27(32)31(18-20-11-7-5-8-12-20)28(35-25)30-22-13-9-6-10-14-22/h5-17,19H,4,18H2,1-3H3/b25-17-,30-28?/t19-/m1/s1. The van der Waals surface area contributed by atoms with Gasteiger partial charge in [0.1, 0.15) is 0 Å². The molecule has 35 heavy (non-hydrogen) atoms. The highest BCUT2D eigenvalue weighted by atomic mass is 35.5. The number of thioether (sulfide) groups is 1. The molecule has 1 fully saturated rings. The largest absolute Gasteiger partial charge is 0.493 e. The van der Waals surface area contributed by atoms with Crippen LogP contribution in [0.2, 0.25) is 5.02 Å². The maximum Gasteiger partial charge on any atom is 0.267 e. The van der Waals surface area contributed by atoms with Crippen LogP contribution in [0.15, 0.2) is 82.7 Å². The summed E-state index contributed by atoms with van der Waals surface area (Å²) in [5, 5.41) is 1.07. The van der Waals surface area contributed by atoms with Crippen molar-refractivity contribution >= 4 is 46.2 Å². The van der Waals surface area contributed by atoms with E-state index in [0.29, 0.717) is 33.1 Å². The van der Waals surface area contributed by atoms with Crippen LogP contribution in [0, 0.1) is 0 Å². The Labute approximate surface area is 215 Å². The Bertz CT molecular complexity index is 1250. The number of para-hydroxylation sites is 1. The number of methoxy groups -OCH3 is 1. The van der Waals surface area contributed by atoms with E-state index in [-0.39, 0.29) is 12.0 Å². The third kappa shape index (κ3) is 6.08. The molecule has 1 atom stereocenters. The molecule has 1 amide bonds. The van der Waals surface area contributed by atoms with Gasteiger partial charge < -0.3 is 9.47 Å². The van der Waals surface area contributed by atoms with Crippen molar-refractivity contribution in [2.75, 3.05) is 7.11 Å². The van der Waals surface area contributed by atoms with E-state index < -0.39 is 0 Å². The number of rotatable bonds is 8. The SMILES string of the molecule is CC[C@@H](C)Oc1c(Cl)cc(/C=C2\SC(=Nc3ccccc3)N(Cc3ccccc3)C2=O)cc1OC. The van der Waals surface area contributed by atoms with Gasteiger partial charge in [-0.1, -0.05) is 67.1 Å². The Balaban J connectivity index is 1.69. The van der Waals surface area contributed by atoms with E-state index in [0.717, 1.165) is 23.2 Å². The molecule has 1 aliphatic rings. The molecule has 3 aromatic carbocycles. The Kier molecular flexibility index (Phi) is 8.16. The molecule has 3 aromatic rings. The normalized spacial score (nSPS) is 16.7. The number of ether oxygens (including phenoxy) is 2. The van der Waals surface area contributed by atoms with Gasteiger partial charge in [-0.15, -0.1) is 0 Å². The van der Waals surface area contributed by atoms with Gasteiger partial charge in [0.25, 0.3) is 5.91 Å². The van der Waals surface area contributed by atoms with Crippen LogP contribution >= 0.6 is 23.4 Å². The summed E-state index contributed by atoms with van der Waals surface area (Å²) in [7, 11) is 1.58. The maximum atomic E-state index is 13.5. The highest BCUT2D eigenvalue weighted by Crippen LogP contribution is 2.40. The Morgan fingerprint density at radius 1 is 1.09 bits per heavy atom. The van der Waals surface area contributed by atoms with Gasteiger partial charge in [0.15, 0.2) is 16.7 Å². The van der Waals surface area contributed by atoms with Gasteiger partial charge in [-0.2, -0.15) is 0 Å². The zero-order valence-corrected chi connectivity index (χ0v) is 21.5. The first-order valence-electron chi connectivity index (χ1n) is 11.4. The predicted octanol–water partition coefficient (Wildman–Crippen LogP) is 7.33. The van der Waals surface area contributed by atoms with E-state index in [9.17, 15) is 4.79 Å². The second-order valence-corrected chi connectivity index (χ2v) is 9.50. The van der Waals surface area contributed by atoms with Gasteiger partial charge in [-0.3, -0.25) is 9.69 Å². The average molecular weight is 507 g/mol. The van der Waals surface area contributed by atoms with Gasteiger partial charge in [-0.05, 0) is 66.6 Å².